The molecule has 0 fully saturated rings. The summed E-state index contributed by atoms with van der Waals surface area (Å²) in [6.45, 7) is 0.549. The van der Waals surface area contributed by atoms with Crippen LogP contribution in [0.3, 0.4) is 0 Å². The van der Waals surface area contributed by atoms with Crippen LogP contribution in [0.15, 0.2) is 50.6 Å². The van der Waals surface area contributed by atoms with Crippen LogP contribution in [-0.2, 0) is 6.54 Å². The first kappa shape index (κ1) is 7.86. The molecule has 0 N–H and O–H groups in total. The highest BCUT2D eigenvalue weighted by atomic mass is 16.3. The summed E-state index contributed by atoms with van der Waals surface area (Å²) in [6.07, 6.45) is 4.94. The van der Waals surface area contributed by atoms with Crippen LogP contribution in [0.1, 0.15) is 11.5 Å². The Balaban J connectivity index is 1.93. The second-order valence-corrected chi connectivity index (χ2v) is 2.56. The fraction of sp³-hybridized carbons (Fsp3) is 0.100. The average molecular weight is 175 g/mol. The van der Waals surface area contributed by atoms with Gasteiger partial charge in [0.2, 0.25) is 0 Å². The van der Waals surface area contributed by atoms with E-state index >= 15 is 0 Å². The van der Waals surface area contributed by atoms with Gasteiger partial charge in [0, 0.05) is 0 Å². The summed E-state index contributed by atoms with van der Waals surface area (Å²) in [5.41, 5.74) is 0. The smallest absolute Gasteiger partial charge is 0.144 e. The van der Waals surface area contributed by atoms with Crippen molar-refractivity contribution in [2.75, 3.05) is 0 Å². The molecule has 3 heteroatoms. The van der Waals surface area contributed by atoms with Gasteiger partial charge in [0.15, 0.2) is 0 Å². The van der Waals surface area contributed by atoms with Gasteiger partial charge < -0.3 is 8.83 Å². The predicted octanol–water partition coefficient (Wildman–Crippen LogP) is 2.49. The minimum atomic E-state index is 0.549. The molecule has 0 aliphatic rings. The molecule has 0 aromatic carbocycles. The summed E-state index contributed by atoms with van der Waals surface area (Å²) in [5, 5.41) is 0. The Hall–Kier alpha value is -1.77. The summed E-state index contributed by atoms with van der Waals surface area (Å²) in [6, 6.07) is 7.41. The van der Waals surface area contributed by atoms with Gasteiger partial charge in [-0.1, -0.05) is 0 Å². The van der Waals surface area contributed by atoms with Gasteiger partial charge in [-0.2, -0.15) is 0 Å². The summed E-state index contributed by atoms with van der Waals surface area (Å²) in [4.78, 5) is 4.14. The first-order valence-electron chi connectivity index (χ1n) is 4.01. The summed E-state index contributed by atoms with van der Waals surface area (Å²) in [5.74, 6) is 1.61. The zero-order valence-corrected chi connectivity index (χ0v) is 7.01. The monoisotopic (exact) mass is 175 g/mol. The first-order chi connectivity index (χ1) is 6.45. The maximum Gasteiger partial charge on any atom is 0.144 e. The van der Waals surface area contributed by atoms with E-state index in [9.17, 15) is 0 Å². The molecule has 0 radical (unpaired) electrons. The molecular weight excluding hydrogens is 166 g/mol. The minimum absolute atomic E-state index is 0.549. The minimum Gasteiger partial charge on any atom is -0.467 e. The molecule has 0 atom stereocenters. The lowest BCUT2D eigenvalue weighted by Gasteiger charge is -1.86. The molecule has 0 saturated carbocycles. The van der Waals surface area contributed by atoms with E-state index in [1.165, 1.54) is 0 Å². The zero-order chi connectivity index (χ0) is 8.93. The molecule has 0 bridgehead atoms. The van der Waals surface area contributed by atoms with Crippen LogP contribution in [0, 0.1) is 0 Å². The van der Waals surface area contributed by atoms with Crippen LogP contribution in [0.4, 0.5) is 0 Å². The van der Waals surface area contributed by atoms with Gasteiger partial charge in [-0.3, -0.25) is 4.99 Å². The average Bonchev–Trinajstić information content (AvgIpc) is 2.75. The predicted molar refractivity (Wildman–Crippen MR) is 48.7 cm³/mol. The van der Waals surface area contributed by atoms with Crippen molar-refractivity contribution < 1.29 is 8.83 Å². The topological polar surface area (TPSA) is 38.6 Å². The third kappa shape index (κ3) is 2.08. The molecule has 13 heavy (non-hydrogen) atoms. The Labute approximate surface area is 75.7 Å². The van der Waals surface area contributed by atoms with E-state index in [0.29, 0.717) is 6.54 Å². The van der Waals surface area contributed by atoms with Crippen LogP contribution < -0.4 is 0 Å². The van der Waals surface area contributed by atoms with Crippen LogP contribution in [0.5, 0.6) is 0 Å². The molecule has 3 nitrogen and oxygen atoms in total. The molecule has 0 aliphatic heterocycles. The van der Waals surface area contributed by atoms with Gasteiger partial charge in [-0.05, 0) is 24.3 Å². The van der Waals surface area contributed by atoms with Crippen molar-refractivity contribution in [3.63, 3.8) is 0 Å². The van der Waals surface area contributed by atoms with E-state index in [2.05, 4.69) is 4.99 Å². The molecule has 66 valence electrons. The molecule has 0 aliphatic carbocycles. The first-order valence-corrected chi connectivity index (χ1v) is 4.01. The summed E-state index contributed by atoms with van der Waals surface area (Å²) < 4.78 is 10.2. The van der Waals surface area contributed by atoms with E-state index in [1.54, 1.807) is 18.7 Å². The Kier molecular flexibility index (Phi) is 2.27. The Morgan fingerprint density at radius 1 is 1.15 bits per heavy atom. The third-order valence-corrected chi connectivity index (χ3v) is 1.59. The molecule has 0 spiro atoms. The van der Waals surface area contributed by atoms with Crippen LogP contribution in [-0.4, -0.2) is 6.21 Å². The number of hydrogen-bond donors (Lipinski definition) is 0. The number of nitrogens with zero attached hydrogens (tertiary/aromatic N) is 1. The van der Waals surface area contributed by atoms with Gasteiger partial charge in [-0.25, -0.2) is 0 Å². The lowest BCUT2D eigenvalue weighted by molar-refractivity contribution is 0.512. The van der Waals surface area contributed by atoms with E-state index in [0.717, 1.165) is 11.5 Å². The van der Waals surface area contributed by atoms with E-state index in [-0.39, 0.29) is 0 Å². The lowest BCUT2D eigenvalue weighted by atomic mass is 10.4. The molecular formula is C10H9NO2. The van der Waals surface area contributed by atoms with E-state index in [4.69, 9.17) is 8.83 Å². The number of aliphatic imine (C=N–C) groups is 1. The largest absolute Gasteiger partial charge is 0.467 e. The molecule has 0 amide bonds. The van der Waals surface area contributed by atoms with Crippen molar-refractivity contribution in [2.24, 2.45) is 4.99 Å². The van der Waals surface area contributed by atoms with Crippen LogP contribution >= 0.6 is 0 Å². The molecule has 2 aromatic heterocycles. The Morgan fingerprint density at radius 3 is 2.69 bits per heavy atom. The van der Waals surface area contributed by atoms with Gasteiger partial charge >= 0.3 is 0 Å². The zero-order valence-electron chi connectivity index (χ0n) is 7.01. The van der Waals surface area contributed by atoms with Crippen molar-refractivity contribution in [1.82, 2.24) is 0 Å². The van der Waals surface area contributed by atoms with Crippen LogP contribution in [0.2, 0.25) is 0 Å². The van der Waals surface area contributed by atoms with Gasteiger partial charge in [0.1, 0.15) is 11.5 Å². The van der Waals surface area contributed by atoms with Crippen molar-refractivity contribution in [1.29, 1.82) is 0 Å². The van der Waals surface area contributed by atoms with Crippen molar-refractivity contribution in [2.45, 2.75) is 6.54 Å². The third-order valence-electron chi connectivity index (χ3n) is 1.59. The standard InChI is InChI=1S/C10H9NO2/c1-3-9(12-5-1)7-11-8-10-4-2-6-13-10/h1-7H,8H2/b11-7-. The van der Waals surface area contributed by atoms with Crippen molar-refractivity contribution in [3.8, 4) is 0 Å². The van der Waals surface area contributed by atoms with Crippen molar-refractivity contribution >= 4 is 6.21 Å². The molecule has 2 heterocycles. The highest BCUT2D eigenvalue weighted by Crippen LogP contribution is 2.02. The molecule has 2 rings (SSSR count). The number of furan rings is 2. The van der Waals surface area contributed by atoms with Gasteiger partial charge in [-0.15, -0.1) is 0 Å². The SMILES string of the molecule is C(=N/Cc1ccco1)/c1ccco1. The van der Waals surface area contributed by atoms with E-state index in [1.807, 2.05) is 24.3 Å². The van der Waals surface area contributed by atoms with E-state index < -0.39 is 0 Å². The van der Waals surface area contributed by atoms with Crippen LogP contribution in [0.25, 0.3) is 0 Å². The number of rotatable bonds is 3. The fourth-order valence-corrected chi connectivity index (χ4v) is 0.993. The number of hydrogen-bond acceptors (Lipinski definition) is 3. The summed E-state index contributed by atoms with van der Waals surface area (Å²) >= 11 is 0. The fourth-order valence-electron chi connectivity index (χ4n) is 0.993. The second kappa shape index (κ2) is 3.76. The highest BCUT2D eigenvalue weighted by molar-refractivity contribution is 5.75. The quantitative estimate of drug-likeness (QED) is 0.672. The molecule has 0 saturated heterocycles. The molecule has 0 unspecified atom stereocenters. The van der Waals surface area contributed by atoms with Gasteiger partial charge in [0.05, 0.1) is 25.3 Å². The van der Waals surface area contributed by atoms with Crippen molar-refractivity contribution in [3.05, 3.63) is 48.3 Å². The Morgan fingerprint density at radius 2 is 2.00 bits per heavy atom. The lowest BCUT2D eigenvalue weighted by Crippen LogP contribution is -1.78. The maximum absolute atomic E-state index is 5.11. The summed E-state index contributed by atoms with van der Waals surface area (Å²) in [7, 11) is 0. The highest BCUT2D eigenvalue weighted by Gasteiger charge is 1.91. The second-order valence-electron chi connectivity index (χ2n) is 2.56. The molecule has 2 aromatic rings. The normalized spacial score (nSPS) is 11.1. The maximum atomic E-state index is 5.11. The van der Waals surface area contributed by atoms with Gasteiger partial charge in [0.25, 0.3) is 0 Å². The Bertz CT molecular complexity index is 360.